The van der Waals surface area contributed by atoms with Crippen molar-refractivity contribution in [2.24, 2.45) is 5.73 Å². The molecule has 4 rings (SSSR count). The summed E-state index contributed by atoms with van der Waals surface area (Å²) in [5, 5.41) is 3.18. The lowest BCUT2D eigenvalue weighted by atomic mass is 9.81. The number of pyridine rings is 1. The molecule has 0 unspecified atom stereocenters. The quantitative estimate of drug-likeness (QED) is 0.273. The maximum absolute atomic E-state index is 14.0. The summed E-state index contributed by atoms with van der Waals surface area (Å²) in [5.41, 5.74) is 1.25. The smallest absolute Gasteiger partial charge is 0.368 e. The molecule has 0 radical (unpaired) electrons. The van der Waals surface area contributed by atoms with Gasteiger partial charge in [-0.3, -0.25) is 19.9 Å². The predicted molar refractivity (Wildman–Crippen MR) is 157 cm³/mol. The number of anilines is 1. The van der Waals surface area contributed by atoms with Gasteiger partial charge in [-0.2, -0.15) is 26.3 Å². The number of nitrogens with zero attached hydrogens (tertiary/aromatic N) is 2. The lowest BCUT2D eigenvalue weighted by Gasteiger charge is -2.32. The molecule has 1 fully saturated rings. The van der Waals surface area contributed by atoms with Crippen LogP contribution in [0.3, 0.4) is 0 Å². The van der Waals surface area contributed by atoms with Gasteiger partial charge in [-0.05, 0) is 93.6 Å². The van der Waals surface area contributed by atoms with Crippen LogP contribution in [0, 0.1) is 12.7 Å². The summed E-state index contributed by atoms with van der Waals surface area (Å²) in [5.74, 6) is -1.87. The number of halogens is 8. The van der Waals surface area contributed by atoms with Crippen molar-refractivity contribution in [1.82, 2.24) is 10.3 Å². The van der Waals surface area contributed by atoms with E-state index in [1.54, 1.807) is 19.9 Å². The van der Waals surface area contributed by atoms with E-state index in [2.05, 4.69) is 10.3 Å². The van der Waals surface area contributed by atoms with Gasteiger partial charge in [-0.1, -0.05) is 6.07 Å². The first-order valence-corrected chi connectivity index (χ1v) is 13.6. The van der Waals surface area contributed by atoms with Crippen LogP contribution in [-0.4, -0.2) is 29.4 Å². The molecule has 1 aliphatic rings. The molecule has 2 amide bonds. The number of rotatable bonds is 6. The highest BCUT2D eigenvalue weighted by Gasteiger charge is 2.42. The van der Waals surface area contributed by atoms with Gasteiger partial charge in [0.2, 0.25) is 11.8 Å². The second-order valence-electron chi connectivity index (χ2n) is 11.8. The molecule has 244 valence electrons. The summed E-state index contributed by atoms with van der Waals surface area (Å²) in [6.07, 6.45) is -7.88. The van der Waals surface area contributed by atoms with Crippen molar-refractivity contribution in [3.05, 3.63) is 82.4 Å². The number of aromatic nitrogens is 1. The van der Waals surface area contributed by atoms with E-state index in [9.17, 15) is 40.3 Å². The first-order valence-electron chi connectivity index (χ1n) is 13.6. The largest absolute Gasteiger partial charge is 0.416 e. The first-order chi connectivity index (χ1) is 20.1. The van der Waals surface area contributed by atoms with E-state index >= 15 is 0 Å². The van der Waals surface area contributed by atoms with Crippen LogP contribution in [0.4, 0.5) is 36.4 Å². The molecular formula is C31H32ClF7N4O2. The van der Waals surface area contributed by atoms with Crippen LogP contribution in [0.2, 0.25) is 0 Å². The summed E-state index contributed by atoms with van der Waals surface area (Å²) < 4.78 is 95.5. The average Bonchev–Trinajstić information content (AvgIpc) is 3.34. The predicted octanol–water partition coefficient (Wildman–Crippen LogP) is 7.26. The number of nitrogens with two attached hydrogens (primary N) is 1. The van der Waals surface area contributed by atoms with Crippen LogP contribution in [-0.2, 0) is 27.4 Å². The number of carbonyl (C=O) groups excluding carboxylic acids is 2. The Hall–Kier alpha value is -3.71. The molecule has 3 aromatic rings. The average molecular weight is 661 g/mol. The summed E-state index contributed by atoms with van der Waals surface area (Å²) >= 11 is 0. The third-order valence-electron chi connectivity index (χ3n) is 8.22. The SMILES string of the molecule is Cc1cc(F)ccc1-c1cc([C@H]2CC[C@](C)(C(N)=O)N2)ncc1N(C)C(=O)C(C)(C)c1cc(C(F)(F)F)cc(C(F)(F)F)c1.Cl. The molecule has 0 aliphatic carbocycles. The number of aryl methyl sites for hydroxylation is 1. The van der Waals surface area contributed by atoms with Gasteiger partial charge in [-0.15, -0.1) is 12.4 Å². The fourth-order valence-electron chi connectivity index (χ4n) is 5.41. The third-order valence-corrected chi connectivity index (χ3v) is 8.22. The normalized spacial score (nSPS) is 18.8. The Bertz CT molecular complexity index is 1590. The van der Waals surface area contributed by atoms with Gasteiger partial charge >= 0.3 is 12.4 Å². The molecule has 0 spiro atoms. The number of primary amides is 1. The van der Waals surface area contributed by atoms with Gasteiger partial charge in [0.05, 0.1) is 45.7 Å². The van der Waals surface area contributed by atoms with Gasteiger partial charge in [0.25, 0.3) is 0 Å². The van der Waals surface area contributed by atoms with Gasteiger partial charge in [-0.25, -0.2) is 4.39 Å². The zero-order valence-electron chi connectivity index (χ0n) is 25.0. The monoisotopic (exact) mass is 660 g/mol. The minimum atomic E-state index is -5.09. The minimum Gasteiger partial charge on any atom is -0.368 e. The van der Waals surface area contributed by atoms with E-state index in [0.717, 1.165) is 4.90 Å². The summed E-state index contributed by atoms with van der Waals surface area (Å²) in [4.78, 5) is 31.5. The van der Waals surface area contributed by atoms with Gasteiger partial charge in [0.15, 0.2) is 0 Å². The van der Waals surface area contributed by atoms with Crippen molar-refractivity contribution in [2.45, 2.75) is 69.9 Å². The molecule has 1 aliphatic heterocycles. The van der Waals surface area contributed by atoms with Crippen molar-refractivity contribution >= 4 is 29.9 Å². The number of amides is 2. The number of nitrogens with one attached hydrogen (secondary N) is 1. The summed E-state index contributed by atoms with van der Waals surface area (Å²) in [7, 11) is 1.33. The molecule has 45 heavy (non-hydrogen) atoms. The van der Waals surface area contributed by atoms with E-state index in [0.29, 0.717) is 47.4 Å². The maximum atomic E-state index is 14.0. The van der Waals surface area contributed by atoms with E-state index in [1.807, 2.05) is 0 Å². The maximum Gasteiger partial charge on any atom is 0.416 e. The van der Waals surface area contributed by atoms with Crippen LogP contribution in [0.15, 0.2) is 48.7 Å². The second kappa shape index (κ2) is 12.2. The number of hydrogen-bond donors (Lipinski definition) is 2. The van der Waals surface area contributed by atoms with E-state index < -0.39 is 63.7 Å². The number of likely N-dealkylation sites (N-methyl/N-ethyl adjacent to an activating group) is 1. The molecule has 14 heteroatoms. The van der Waals surface area contributed by atoms with E-state index in [1.165, 1.54) is 45.3 Å². The lowest BCUT2D eigenvalue weighted by Crippen LogP contribution is -2.49. The molecule has 3 N–H and O–H groups in total. The second-order valence-corrected chi connectivity index (χ2v) is 11.8. The Morgan fingerprint density at radius 1 is 0.956 bits per heavy atom. The zero-order chi connectivity index (χ0) is 33.0. The Kier molecular flexibility index (Phi) is 9.73. The lowest BCUT2D eigenvalue weighted by molar-refractivity contribution is -0.143. The van der Waals surface area contributed by atoms with Crippen molar-refractivity contribution in [1.29, 1.82) is 0 Å². The molecule has 2 aromatic carbocycles. The molecule has 2 heterocycles. The molecule has 6 nitrogen and oxygen atoms in total. The molecule has 1 aromatic heterocycles. The van der Waals surface area contributed by atoms with Gasteiger partial charge in [0, 0.05) is 12.6 Å². The summed E-state index contributed by atoms with van der Waals surface area (Å²) in [6, 6.07) is 6.33. The minimum absolute atomic E-state index is 0. The fraction of sp³-hybridized carbons (Fsp3) is 0.387. The van der Waals surface area contributed by atoms with Crippen LogP contribution in [0.1, 0.15) is 67.6 Å². The number of alkyl halides is 6. The Balaban J connectivity index is 0.00000552. The van der Waals surface area contributed by atoms with Crippen molar-refractivity contribution in [3.8, 4) is 11.1 Å². The van der Waals surface area contributed by atoms with Crippen LogP contribution in [0.25, 0.3) is 11.1 Å². The third kappa shape index (κ3) is 7.09. The topological polar surface area (TPSA) is 88.3 Å². The van der Waals surface area contributed by atoms with Crippen molar-refractivity contribution < 1.29 is 40.3 Å². The summed E-state index contributed by atoms with van der Waals surface area (Å²) in [6.45, 7) is 5.78. The molecule has 2 atom stereocenters. The first kappa shape index (κ1) is 35.8. The Morgan fingerprint density at radius 3 is 2.00 bits per heavy atom. The number of benzene rings is 2. The highest BCUT2D eigenvalue weighted by atomic mass is 35.5. The molecule has 1 saturated heterocycles. The zero-order valence-corrected chi connectivity index (χ0v) is 25.8. The van der Waals surface area contributed by atoms with E-state index in [-0.39, 0.29) is 24.2 Å². The molecule has 0 bridgehead atoms. The van der Waals surface area contributed by atoms with E-state index in [4.69, 9.17) is 5.73 Å². The highest BCUT2D eigenvalue weighted by Crippen LogP contribution is 2.42. The number of carbonyl (C=O) groups is 2. The Morgan fingerprint density at radius 2 is 1.51 bits per heavy atom. The fourth-order valence-corrected chi connectivity index (χ4v) is 5.41. The van der Waals surface area contributed by atoms with Gasteiger partial charge < -0.3 is 10.6 Å². The van der Waals surface area contributed by atoms with Gasteiger partial charge in [0.1, 0.15) is 5.82 Å². The highest BCUT2D eigenvalue weighted by molar-refractivity contribution is 6.03. The molecule has 0 saturated carbocycles. The molecular weight excluding hydrogens is 629 g/mol. The van der Waals surface area contributed by atoms with Crippen LogP contribution < -0.4 is 16.0 Å². The van der Waals surface area contributed by atoms with Crippen molar-refractivity contribution in [2.75, 3.05) is 11.9 Å². The standard InChI is InChI=1S/C31H31F7N4O2.ClH/c1-16-10-20(32)6-7-21(16)22-14-24(23-8-9-29(4,41-23)26(39)43)40-15-25(22)42(5)27(44)28(2,3)17-11-18(30(33,34)35)13-19(12-17)31(36,37)38;/h6-7,10-15,23,41H,8-9H2,1-5H3,(H2,39,43);1H/t23-,29-;/m1./s1. The Labute approximate surface area is 261 Å². The van der Waals surface area contributed by atoms with Crippen LogP contribution in [0.5, 0.6) is 0 Å². The van der Waals surface area contributed by atoms with Crippen LogP contribution >= 0.6 is 12.4 Å². The number of hydrogen-bond acceptors (Lipinski definition) is 4. The van der Waals surface area contributed by atoms with Crippen molar-refractivity contribution in [3.63, 3.8) is 0 Å².